The van der Waals surface area contributed by atoms with Gasteiger partial charge in [-0.25, -0.2) is 0 Å². The van der Waals surface area contributed by atoms with Crippen molar-refractivity contribution in [2.45, 2.75) is 96.8 Å². The predicted octanol–water partition coefficient (Wildman–Crippen LogP) is 12.8. The molecule has 0 bridgehead atoms. The highest BCUT2D eigenvalue weighted by Crippen LogP contribution is 2.54. The molecule has 2 aliphatic rings. The number of hydrogen-bond acceptors (Lipinski definition) is 1. The van der Waals surface area contributed by atoms with Gasteiger partial charge in [-0.2, -0.15) is 0 Å². The summed E-state index contributed by atoms with van der Waals surface area (Å²) >= 11 is 0. The average Bonchev–Trinajstić information content (AvgIpc) is 3.25. The number of para-hydroxylation sites is 1. The summed E-state index contributed by atoms with van der Waals surface area (Å²) in [7, 11) is 0. The molecule has 0 amide bonds. The van der Waals surface area contributed by atoms with Crippen LogP contribution in [0.15, 0.2) is 109 Å². The van der Waals surface area contributed by atoms with E-state index in [1.165, 1.54) is 80.0 Å². The van der Waals surface area contributed by atoms with E-state index in [1.807, 2.05) is 0 Å². The Bertz CT molecular complexity index is 1930. The predicted molar refractivity (Wildman–Crippen MR) is 198 cm³/mol. The van der Waals surface area contributed by atoms with Gasteiger partial charge >= 0.3 is 0 Å². The molecule has 0 saturated heterocycles. The Morgan fingerprint density at radius 3 is 1.78 bits per heavy atom. The van der Waals surface area contributed by atoms with Gasteiger partial charge in [0.2, 0.25) is 0 Å². The van der Waals surface area contributed by atoms with Crippen LogP contribution in [-0.2, 0) is 21.7 Å². The van der Waals surface area contributed by atoms with Crippen LogP contribution in [0.2, 0.25) is 0 Å². The Labute approximate surface area is 277 Å². The van der Waals surface area contributed by atoms with Gasteiger partial charge in [-0.15, -0.1) is 0 Å². The van der Waals surface area contributed by atoms with Crippen molar-refractivity contribution in [2.24, 2.45) is 0 Å². The van der Waals surface area contributed by atoms with Crippen molar-refractivity contribution in [1.29, 1.82) is 0 Å². The number of fused-ring (bicyclic) bond motifs is 4. The van der Waals surface area contributed by atoms with Crippen molar-refractivity contribution in [2.75, 3.05) is 4.90 Å². The molecule has 5 aromatic carbocycles. The van der Waals surface area contributed by atoms with Crippen molar-refractivity contribution in [3.8, 4) is 22.3 Å². The van der Waals surface area contributed by atoms with Crippen LogP contribution in [0.4, 0.5) is 17.1 Å². The highest BCUT2D eigenvalue weighted by molar-refractivity contribution is 5.95. The molecule has 234 valence electrons. The molecule has 0 heterocycles. The van der Waals surface area contributed by atoms with Gasteiger partial charge in [0.1, 0.15) is 0 Å². The first-order chi connectivity index (χ1) is 21.7. The summed E-state index contributed by atoms with van der Waals surface area (Å²) < 4.78 is 0. The first-order valence-corrected chi connectivity index (χ1v) is 17.1. The Hall–Kier alpha value is -4.10. The van der Waals surface area contributed by atoms with E-state index in [1.54, 1.807) is 0 Å². The van der Waals surface area contributed by atoms with E-state index in [0.717, 1.165) is 0 Å². The molecular weight excluding hydrogens is 555 g/mol. The monoisotopic (exact) mass is 603 g/mol. The van der Waals surface area contributed by atoms with Gasteiger partial charge < -0.3 is 4.90 Å². The van der Waals surface area contributed by atoms with E-state index in [2.05, 4.69) is 176 Å². The van der Waals surface area contributed by atoms with Crippen molar-refractivity contribution < 1.29 is 0 Å². The van der Waals surface area contributed by atoms with Gasteiger partial charge in [-0.3, -0.25) is 0 Å². The zero-order chi connectivity index (χ0) is 32.6. The molecule has 0 fully saturated rings. The second kappa shape index (κ2) is 10.5. The fourth-order valence-electron chi connectivity index (χ4n) is 8.02. The molecule has 1 heteroatoms. The fourth-order valence-corrected chi connectivity index (χ4v) is 8.02. The van der Waals surface area contributed by atoms with Crippen LogP contribution in [-0.4, -0.2) is 0 Å². The molecule has 0 spiro atoms. The summed E-state index contributed by atoms with van der Waals surface area (Å²) in [6.07, 6.45) is 2.42. The number of anilines is 3. The Morgan fingerprint density at radius 1 is 0.500 bits per heavy atom. The zero-order valence-electron chi connectivity index (χ0n) is 29.3. The van der Waals surface area contributed by atoms with Crippen LogP contribution in [0.1, 0.15) is 103 Å². The van der Waals surface area contributed by atoms with Crippen LogP contribution in [0, 0.1) is 0 Å². The van der Waals surface area contributed by atoms with Gasteiger partial charge in [0.15, 0.2) is 0 Å². The van der Waals surface area contributed by atoms with Gasteiger partial charge in [0.25, 0.3) is 0 Å². The van der Waals surface area contributed by atoms with Gasteiger partial charge in [-0.1, -0.05) is 135 Å². The third-order valence-electron chi connectivity index (χ3n) is 11.1. The first kappa shape index (κ1) is 30.5. The maximum Gasteiger partial charge on any atom is 0.0543 e. The van der Waals surface area contributed by atoms with E-state index in [4.69, 9.17) is 0 Å². The van der Waals surface area contributed by atoms with Crippen molar-refractivity contribution in [1.82, 2.24) is 0 Å². The van der Waals surface area contributed by atoms with Crippen LogP contribution in [0.25, 0.3) is 22.3 Å². The van der Waals surface area contributed by atoms with Gasteiger partial charge in [0, 0.05) is 22.4 Å². The minimum Gasteiger partial charge on any atom is -0.310 e. The van der Waals surface area contributed by atoms with Crippen LogP contribution in [0.5, 0.6) is 0 Å². The van der Waals surface area contributed by atoms with Crippen LogP contribution < -0.4 is 4.90 Å². The maximum absolute atomic E-state index is 2.53. The second-order valence-electron chi connectivity index (χ2n) is 16.6. The minimum atomic E-state index is -0.0977. The summed E-state index contributed by atoms with van der Waals surface area (Å²) in [5.74, 6) is 0. The van der Waals surface area contributed by atoms with Gasteiger partial charge in [0.05, 0.1) is 5.69 Å². The van der Waals surface area contributed by atoms with E-state index in [0.29, 0.717) is 0 Å². The average molecular weight is 604 g/mol. The molecule has 0 N–H and O–H groups in total. The van der Waals surface area contributed by atoms with Crippen molar-refractivity contribution in [3.63, 3.8) is 0 Å². The molecular formula is C45H49N. The SMILES string of the molecule is CC(C)(C)c1ccc(N(c2ccccc2)c2cc3c(cc2-c2ccc4c(c2)C(C)(C)CCC4(C)C)-c2ccccc2C3(C)C)cc1. The summed E-state index contributed by atoms with van der Waals surface area (Å²) in [5.41, 5.74) is 16.3. The van der Waals surface area contributed by atoms with Gasteiger partial charge in [-0.05, 0) is 110 Å². The second-order valence-corrected chi connectivity index (χ2v) is 16.6. The van der Waals surface area contributed by atoms with E-state index >= 15 is 0 Å². The highest BCUT2D eigenvalue weighted by atomic mass is 15.1. The number of nitrogens with zero attached hydrogens (tertiary/aromatic N) is 1. The lowest BCUT2D eigenvalue weighted by Crippen LogP contribution is -2.33. The molecule has 0 unspecified atom stereocenters. The lowest BCUT2D eigenvalue weighted by atomic mass is 9.63. The Kier molecular flexibility index (Phi) is 6.95. The summed E-state index contributed by atoms with van der Waals surface area (Å²) in [5, 5.41) is 0. The molecule has 7 rings (SSSR count). The maximum atomic E-state index is 2.53. The third-order valence-corrected chi connectivity index (χ3v) is 11.1. The normalized spacial score (nSPS) is 17.2. The smallest absolute Gasteiger partial charge is 0.0543 e. The molecule has 2 aliphatic carbocycles. The minimum absolute atomic E-state index is 0.0916. The highest BCUT2D eigenvalue weighted by Gasteiger charge is 2.39. The zero-order valence-corrected chi connectivity index (χ0v) is 29.3. The Balaban J connectivity index is 1.53. The standard InChI is InChI=1S/C45H49N/c1-42(2,3)31-20-22-33(23-21-31)46(32-15-11-10-12-16-32)41-29-39-36(34-17-13-14-18-37(34)45(39,8)9)28-35(41)30-19-24-38-40(27-30)44(6,7)26-25-43(38,4)5/h10-24,27-29H,25-26H2,1-9H3. The van der Waals surface area contributed by atoms with E-state index in [-0.39, 0.29) is 21.7 Å². The summed E-state index contributed by atoms with van der Waals surface area (Å²) in [6.45, 7) is 21.3. The lowest BCUT2D eigenvalue weighted by molar-refractivity contribution is 0.332. The first-order valence-electron chi connectivity index (χ1n) is 17.1. The third kappa shape index (κ3) is 4.91. The fraction of sp³-hybridized carbons (Fsp3) is 0.333. The summed E-state index contributed by atoms with van der Waals surface area (Å²) in [6, 6.07) is 41.5. The molecule has 0 radical (unpaired) electrons. The van der Waals surface area contributed by atoms with E-state index in [9.17, 15) is 0 Å². The number of rotatable bonds is 4. The molecule has 0 atom stereocenters. The van der Waals surface area contributed by atoms with Crippen molar-refractivity contribution >= 4 is 17.1 Å². The summed E-state index contributed by atoms with van der Waals surface area (Å²) in [4.78, 5) is 2.48. The topological polar surface area (TPSA) is 3.24 Å². The Morgan fingerprint density at radius 2 is 1.11 bits per heavy atom. The number of benzene rings is 5. The van der Waals surface area contributed by atoms with Crippen LogP contribution in [0.3, 0.4) is 0 Å². The largest absolute Gasteiger partial charge is 0.310 e. The molecule has 0 aromatic heterocycles. The lowest BCUT2D eigenvalue weighted by Gasteiger charge is -2.42. The number of hydrogen-bond donors (Lipinski definition) is 0. The van der Waals surface area contributed by atoms with E-state index < -0.39 is 0 Å². The molecule has 0 aliphatic heterocycles. The van der Waals surface area contributed by atoms with Crippen molar-refractivity contribution in [3.05, 3.63) is 137 Å². The molecule has 5 aromatic rings. The molecule has 1 nitrogen and oxygen atoms in total. The molecule has 0 saturated carbocycles. The van der Waals surface area contributed by atoms with Crippen LogP contribution >= 0.6 is 0 Å². The quantitative estimate of drug-likeness (QED) is 0.197. The molecule has 46 heavy (non-hydrogen) atoms.